The SMILES string of the molecule is CN1CCC(C(=O)N2CC(N)CCC2(C)C)CC1. The van der Waals surface area contributed by atoms with Gasteiger partial charge in [-0.3, -0.25) is 4.79 Å². The van der Waals surface area contributed by atoms with E-state index < -0.39 is 0 Å². The lowest BCUT2D eigenvalue weighted by Crippen LogP contribution is -2.58. The van der Waals surface area contributed by atoms with Crippen molar-refractivity contribution in [2.75, 3.05) is 26.7 Å². The molecule has 0 aliphatic carbocycles. The summed E-state index contributed by atoms with van der Waals surface area (Å²) in [5.41, 5.74) is 6.02. The Kier molecular flexibility index (Phi) is 3.97. The predicted molar refractivity (Wildman–Crippen MR) is 73.2 cm³/mol. The molecule has 0 bridgehead atoms. The van der Waals surface area contributed by atoms with Crippen LogP contribution in [0.4, 0.5) is 0 Å². The summed E-state index contributed by atoms with van der Waals surface area (Å²) < 4.78 is 0. The number of nitrogens with zero attached hydrogens (tertiary/aromatic N) is 2. The maximum atomic E-state index is 12.7. The first kappa shape index (κ1) is 13.8. The summed E-state index contributed by atoms with van der Waals surface area (Å²) in [5.74, 6) is 0.550. The van der Waals surface area contributed by atoms with Gasteiger partial charge in [0.25, 0.3) is 0 Å². The van der Waals surface area contributed by atoms with Gasteiger partial charge in [0.15, 0.2) is 0 Å². The van der Waals surface area contributed by atoms with Gasteiger partial charge in [-0.15, -0.1) is 0 Å². The van der Waals surface area contributed by atoms with Crippen LogP contribution in [0.2, 0.25) is 0 Å². The first-order chi connectivity index (χ1) is 8.40. The Labute approximate surface area is 110 Å². The number of amides is 1. The van der Waals surface area contributed by atoms with Crippen molar-refractivity contribution < 1.29 is 4.79 Å². The van der Waals surface area contributed by atoms with E-state index in [9.17, 15) is 4.79 Å². The van der Waals surface area contributed by atoms with E-state index in [1.54, 1.807) is 0 Å². The van der Waals surface area contributed by atoms with Gasteiger partial charge in [-0.2, -0.15) is 0 Å². The number of hydrogen-bond acceptors (Lipinski definition) is 3. The van der Waals surface area contributed by atoms with Gasteiger partial charge in [-0.25, -0.2) is 0 Å². The average molecular weight is 253 g/mol. The molecule has 18 heavy (non-hydrogen) atoms. The third kappa shape index (κ3) is 2.86. The fourth-order valence-electron chi connectivity index (χ4n) is 3.11. The zero-order chi connectivity index (χ0) is 13.3. The van der Waals surface area contributed by atoms with Gasteiger partial charge in [0.05, 0.1) is 0 Å². The van der Waals surface area contributed by atoms with E-state index in [0.29, 0.717) is 5.91 Å². The molecule has 0 aromatic rings. The summed E-state index contributed by atoms with van der Waals surface area (Å²) in [5, 5.41) is 0. The van der Waals surface area contributed by atoms with Crippen molar-refractivity contribution in [3.63, 3.8) is 0 Å². The summed E-state index contributed by atoms with van der Waals surface area (Å²) >= 11 is 0. The number of nitrogens with two attached hydrogens (primary N) is 1. The molecule has 1 atom stereocenters. The van der Waals surface area contributed by atoms with Crippen molar-refractivity contribution in [2.24, 2.45) is 11.7 Å². The average Bonchev–Trinajstić information content (AvgIpc) is 2.32. The first-order valence-corrected chi connectivity index (χ1v) is 7.16. The monoisotopic (exact) mass is 253 g/mol. The molecule has 2 aliphatic heterocycles. The Morgan fingerprint density at radius 1 is 1.22 bits per heavy atom. The minimum absolute atomic E-state index is 0.0176. The fourth-order valence-corrected chi connectivity index (χ4v) is 3.11. The highest BCUT2D eigenvalue weighted by Gasteiger charge is 2.39. The van der Waals surface area contributed by atoms with Crippen molar-refractivity contribution in [3.05, 3.63) is 0 Å². The fraction of sp³-hybridized carbons (Fsp3) is 0.929. The maximum Gasteiger partial charge on any atom is 0.226 e. The number of piperidine rings is 2. The molecule has 0 spiro atoms. The Morgan fingerprint density at radius 2 is 1.83 bits per heavy atom. The topological polar surface area (TPSA) is 49.6 Å². The summed E-state index contributed by atoms with van der Waals surface area (Å²) in [6, 6.07) is 0.160. The molecule has 1 amide bonds. The molecule has 2 saturated heterocycles. The summed E-state index contributed by atoms with van der Waals surface area (Å²) in [6.07, 6.45) is 4.05. The molecule has 1 unspecified atom stereocenters. The Hall–Kier alpha value is -0.610. The number of carbonyl (C=O) groups is 1. The van der Waals surface area contributed by atoms with Gasteiger partial charge in [0.2, 0.25) is 5.91 Å². The zero-order valence-corrected chi connectivity index (χ0v) is 12.0. The van der Waals surface area contributed by atoms with Crippen LogP contribution in [-0.4, -0.2) is 54.0 Å². The molecule has 2 rings (SSSR count). The predicted octanol–water partition coefficient (Wildman–Crippen LogP) is 1.06. The van der Waals surface area contributed by atoms with Crippen molar-refractivity contribution in [1.82, 2.24) is 9.80 Å². The van der Waals surface area contributed by atoms with E-state index in [0.717, 1.165) is 45.3 Å². The second-order valence-electron chi connectivity index (χ2n) is 6.64. The Morgan fingerprint density at radius 3 is 2.44 bits per heavy atom. The van der Waals surface area contributed by atoms with Crippen LogP contribution in [0.1, 0.15) is 39.5 Å². The van der Waals surface area contributed by atoms with Crippen LogP contribution in [0.3, 0.4) is 0 Å². The lowest BCUT2D eigenvalue weighted by Gasteiger charge is -2.46. The zero-order valence-electron chi connectivity index (χ0n) is 12.0. The molecule has 0 radical (unpaired) electrons. The van der Waals surface area contributed by atoms with Gasteiger partial charge in [0.1, 0.15) is 0 Å². The van der Waals surface area contributed by atoms with E-state index in [1.165, 1.54) is 0 Å². The van der Waals surface area contributed by atoms with Crippen LogP contribution in [0, 0.1) is 5.92 Å². The highest BCUT2D eigenvalue weighted by atomic mass is 16.2. The molecule has 4 heteroatoms. The number of carbonyl (C=O) groups excluding carboxylic acids is 1. The summed E-state index contributed by atoms with van der Waals surface area (Å²) in [7, 11) is 2.13. The molecule has 0 aromatic heterocycles. The van der Waals surface area contributed by atoms with E-state index in [1.807, 2.05) is 0 Å². The van der Waals surface area contributed by atoms with E-state index >= 15 is 0 Å². The third-order valence-electron chi connectivity index (χ3n) is 4.61. The number of likely N-dealkylation sites (tertiary alicyclic amines) is 2. The van der Waals surface area contributed by atoms with Gasteiger partial charge in [-0.05, 0) is 59.7 Å². The molecule has 2 aliphatic rings. The highest BCUT2D eigenvalue weighted by Crippen LogP contribution is 2.30. The lowest BCUT2D eigenvalue weighted by molar-refractivity contribution is -0.145. The van der Waals surface area contributed by atoms with Gasteiger partial charge >= 0.3 is 0 Å². The van der Waals surface area contributed by atoms with Gasteiger partial charge in [0, 0.05) is 24.0 Å². The van der Waals surface area contributed by atoms with Crippen LogP contribution in [0.5, 0.6) is 0 Å². The summed E-state index contributed by atoms with van der Waals surface area (Å²) in [4.78, 5) is 17.0. The lowest BCUT2D eigenvalue weighted by atomic mass is 9.85. The van der Waals surface area contributed by atoms with Crippen molar-refractivity contribution in [2.45, 2.75) is 51.1 Å². The second kappa shape index (κ2) is 5.17. The molecule has 104 valence electrons. The molecule has 0 aromatic carbocycles. The van der Waals surface area contributed by atoms with Crippen LogP contribution in [-0.2, 0) is 4.79 Å². The van der Waals surface area contributed by atoms with Crippen LogP contribution >= 0.6 is 0 Å². The molecule has 4 nitrogen and oxygen atoms in total. The quantitative estimate of drug-likeness (QED) is 0.760. The van der Waals surface area contributed by atoms with Crippen molar-refractivity contribution in [1.29, 1.82) is 0 Å². The third-order valence-corrected chi connectivity index (χ3v) is 4.61. The Balaban J connectivity index is 2.02. The Bertz CT molecular complexity index is 308. The molecule has 2 heterocycles. The molecule has 2 N–H and O–H groups in total. The number of hydrogen-bond donors (Lipinski definition) is 1. The summed E-state index contributed by atoms with van der Waals surface area (Å²) in [6.45, 7) is 7.16. The van der Waals surface area contributed by atoms with Crippen molar-refractivity contribution in [3.8, 4) is 0 Å². The maximum absolute atomic E-state index is 12.7. The molecule has 0 saturated carbocycles. The van der Waals surface area contributed by atoms with E-state index in [2.05, 4.69) is 30.7 Å². The minimum Gasteiger partial charge on any atom is -0.336 e. The van der Waals surface area contributed by atoms with Crippen LogP contribution in [0.15, 0.2) is 0 Å². The normalized spacial score (nSPS) is 30.4. The molecular formula is C14H27N3O. The van der Waals surface area contributed by atoms with Crippen LogP contribution in [0.25, 0.3) is 0 Å². The van der Waals surface area contributed by atoms with Crippen LogP contribution < -0.4 is 5.73 Å². The highest BCUT2D eigenvalue weighted by molar-refractivity contribution is 5.80. The number of rotatable bonds is 1. The first-order valence-electron chi connectivity index (χ1n) is 7.16. The largest absolute Gasteiger partial charge is 0.336 e. The standard InChI is InChI=1S/C14H27N3O/c1-14(2)7-4-12(15)10-17(14)13(18)11-5-8-16(3)9-6-11/h11-12H,4-10,15H2,1-3H3. The van der Waals surface area contributed by atoms with E-state index in [-0.39, 0.29) is 17.5 Å². The smallest absolute Gasteiger partial charge is 0.226 e. The van der Waals surface area contributed by atoms with Gasteiger partial charge in [-0.1, -0.05) is 0 Å². The van der Waals surface area contributed by atoms with Gasteiger partial charge < -0.3 is 15.5 Å². The second-order valence-corrected chi connectivity index (χ2v) is 6.64. The molecular weight excluding hydrogens is 226 g/mol. The van der Waals surface area contributed by atoms with Crippen molar-refractivity contribution >= 4 is 5.91 Å². The minimum atomic E-state index is -0.0176. The van der Waals surface area contributed by atoms with E-state index in [4.69, 9.17) is 5.73 Å². The molecule has 2 fully saturated rings.